The fourth-order valence-electron chi connectivity index (χ4n) is 1.35. The molecule has 1 aromatic rings. The van der Waals surface area contributed by atoms with Gasteiger partial charge in [-0.15, -0.1) is 5.10 Å². The summed E-state index contributed by atoms with van der Waals surface area (Å²) in [5.41, 5.74) is 0. The Hall–Kier alpha value is -0.160. The van der Waals surface area contributed by atoms with Crippen LogP contribution in [-0.4, -0.2) is 16.8 Å². The molecule has 1 aromatic heterocycles. The standard InChI is InChI=1S/C8H11BrN2OS/c9-7-10-11-8(13-7)12-5-4-6-2-1-3-6/h6H,1-5H2. The zero-order valence-corrected chi connectivity index (χ0v) is 9.60. The van der Waals surface area contributed by atoms with Crippen molar-refractivity contribution in [2.75, 3.05) is 6.61 Å². The number of aromatic nitrogens is 2. The van der Waals surface area contributed by atoms with Gasteiger partial charge in [-0.3, -0.25) is 0 Å². The quantitative estimate of drug-likeness (QED) is 0.837. The van der Waals surface area contributed by atoms with Crippen molar-refractivity contribution in [3.8, 4) is 5.19 Å². The summed E-state index contributed by atoms with van der Waals surface area (Å²) in [7, 11) is 0. The molecular weight excluding hydrogens is 252 g/mol. The summed E-state index contributed by atoms with van der Waals surface area (Å²) in [6.45, 7) is 0.784. The summed E-state index contributed by atoms with van der Waals surface area (Å²) in [4.78, 5) is 0. The van der Waals surface area contributed by atoms with Crippen molar-refractivity contribution >= 4 is 27.3 Å². The van der Waals surface area contributed by atoms with Gasteiger partial charge in [0.2, 0.25) is 0 Å². The van der Waals surface area contributed by atoms with Crippen LogP contribution in [0.3, 0.4) is 0 Å². The number of ether oxygens (including phenoxy) is 1. The molecule has 0 aliphatic heterocycles. The first-order chi connectivity index (χ1) is 6.34. The van der Waals surface area contributed by atoms with Gasteiger partial charge in [-0.25, -0.2) is 0 Å². The maximum atomic E-state index is 5.45. The van der Waals surface area contributed by atoms with Crippen molar-refractivity contribution in [3.63, 3.8) is 0 Å². The first-order valence-electron chi connectivity index (χ1n) is 4.46. The van der Waals surface area contributed by atoms with E-state index in [9.17, 15) is 0 Å². The van der Waals surface area contributed by atoms with Crippen LogP contribution in [0.25, 0.3) is 0 Å². The number of hydrogen-bond acceptors (Lipinski definition) is 4. The van der Waals surface area contributed by atoms with Crippen LogP contribution in [0.2, 0.25) is 0 Å². The van der Waals surface area contributed by atoms with E-state index in [0.29, 0.717) is 5.19 Å². The highest BCUT2D eigenvalue weighted by atomic mass is 79.9. The summed E-state index contributed by atoms with van der Waals surface area (Å²) < 4.78 is 6.23. The van der Waals surface area contributed by atoms with Gasteiger partial charge in [0.25, 0.3) is 5.19 Å². The van der Waals surface area contributed by atoms with Gasteiger partial charge >= 0.3 is 0 Å². The van der Waals surface area contributed by atoms with Crippen LogP contribution in [0.15, 0.2) is 3.92 Å². The molecule has 0 atom stereocenters. The molecule has 1 fully saturated rings. The maximum Gasteiger partial charge on any atom is 0.294 e. The fourth-order valence-corrected chi connectivity index (χ4v) is 2.29. The first-order valence-corrected chi connectivity index (χ1v) is 6.07. The van der Waals surface area contributed by atoms with Crippen LogP contribution >= 0.6 is 27.3 Å². The van der Waals surface area contributed by atoms with Gasteiger partial charge in [-0.2, -0.15) is 0 Å². The number of rotatable bonds is 4. The third kappa shape index (κ3) is 2.64. The molecule has 0 spiro atoms. The number of hydrogen-bond donors (Lipinski definition) is 0. The largest absolute Gasteiger partial charge is 0.469 e. The van der Waals surface area contributed by atoms with E-state index in [2.05, 4.69) is 26.1 Å². The van der Waals surface area contributed by atoms with Crippen LogP contribution in [0.5, 0.6) is 5.19 Å². The highest BCUT2D eigenvalue weighted by molar-refractivity contribution is 9.11. The monoisotopic (exact) mass is 262 g/mol. The van der Waals surface area contributed by atoms with Crippen molar-refractivity contribution in [1.82, 2.24) is 10.2 Å². The van der Waals surface area contributed by atoms with Crippen molar-refractivity contribution in [1.29, 1.82) is 0 Å². The van der Waals surface area contributed by atoms with E-state index in [1.165, 1.54) is 30.6 Å². The van der Waals surface area contributed by atoms with Gasteiger partial charge in [0, 0.05) is 0 Å². The van der Waals surface area contributed by atoms with E-state index >= 15 is 0 Å². The lowest BCUT2D eigenvalue weighted by Gasteiger charge is -2.24. The molecule has 0 unspecified atom stereocenters. The van der Waals surface area contributed by atoms with Crippen molar-refractivity contribution in [2.45, 2.75) is 25.7 Å². The highest BCUT2D eigenvalue weighted by Crippen LogP contribution is 2.29. The Balaban J connectivity index is 1.67. The predicted octanol–water partition coefficient (Wildman–Crippen LogP) is 2.87. The summed E-state index contributed by atoms with van der Waals surface area (Å²) >= 11 is 4.68. The zero-order chi connectivity index (χ0) is 9.10. The third-order valence-corrected chi connectivity index (χ3v) is 3.63. The second-order valence-electron chi connectivity index (χ2n) is 3.25. The zero-order valence-electron chi connectivity index (χ0n) is 7.20. The SMILES string of the molecule is Brc1nnc(OCCC2CCC2)s1. The number of halogens is 1. The minimum absolute atomic E-state index is 0.672. The van der Waals surface area contributed by atoms with Crippen LogP contribution in [0.4, 0.5) is 0 Å². The summed E-state index contributed by atoms with van der Waals surface area (Å²) in [5.74, 6) is 0.899. The van der Waals surface area contributed by atoms with Crippen LogP contribution in [0, 0.1) is 5.92 Å². The normalized spacial score (nSPS) is 17.0. The average molecular weight is 263 g/mol. The van der Waals surface area contributed by atoms with E-state index in [-0.39, 0.29) is 0 Å². The van der Waals surface area contributed by atoms with Gasteiger partial charge < -0.3 is 4.74 Å². The average Bonchev–Trinajstić information content (AvgIpc) is 2.42. The van der Waals surface area contributed by atoms with E-state index < -0.39 is 0 Å². The first kappa shape index (κ1) is 9.40. The molecule has 13 heavy (non-hydrogen) atoms. The predicted molar refractivity (Wildman–Crippen MR) is 55.1 cm³/mol. The molecule has 0 saturated heterocycles. The third-order valence-electron chi connectivity index (χ3n) is 2.36. The van der Waals surface area contributed by atoms with Crippen molar-refractivity contribution < 1.29 is 4.74 Å². The van der Waals surface area contributed by atoms with Crippen LogP contribution < -0.4 is 4.74 Å². The second-order valence-corrected chi connectivity index (χ2v) is 5.47. The van der Waals surface area contributed by atoms with Gasteiger partial charge in [0.05, 0.1) is 6.61 Å². The molecule has 72 valence electrons. The molecule has 1 aliphatic carbocycles. The lowest BCUT2D eigenvalue weighted by Crippen LogP contribution is -2.14. The van der Waals surface area contributed by atoms with E-state index in [1.807, 2.05) is 0 Å². The van der Waals surface area contributed by atoms with Crippen molar-refractivity contribution in [3.05, 3.63) is 3.92 Å². The molecule has 0 N–H and O–H groups in total. The summed E-state index contributed by atoms with van der Waals surface area (Å²) in [5, 5.41) is 8.34. The van der Waals surface area contributed by atoms with Gasteiger partial charge in [0.15, 0.2) is 3.92 Å². The topological polar surface area (TPSA) is 35.0 Å². The van der Waals surface area contributed by atoms with Gasteiger partial charge in [0.1, 0.15) is 0 Å². The van der Waals surface area contributed by atoms with E-state index in [4.69, 9.17) is 4.74 Å². The summed E-state index contributed by atoms with van der Waals surface area (Å²) in [6.07, 6.45) is 5.32. The molecule has 1 saturated carbocycles. The Morgan fingerprint density at radius 2 is 2.31 bits per heavy atom. The molecule has 1 heterocycles. The van der Waals surface area contributed by atoms with Crippen molar-refractivity contribution in [2.24, 2.45) is 5.92 Å². The van der Waals surface area contributed by atoms with E-state index in [1.54, 1.807) is 0 Å². The molecule has 0 amide bonds. The molecule has 3 nitrogen and oxygen atoms in total. The highest BCUT2D eigenvalue weighted by Gasteiger charge is 2.17. The molecule has 0 aromatic carbocycles. The molecular formula is C8H11BrN2OS. The van der Waals surface area contributed by atoms with Gasteiger partial charge in [-0.1, -0.05) is 24.4 Å². The summed E-state index contributed by atoms with van der Waals surface area (Å²) in [6, 6.07) is 0. The lowest BCUT2D eigenvalue weighted by molar-refractivity contribution is 0.220. The van der Waals surface area contributed by atoms with Crippen LogP contribution in [0.1, 0.15) is 25.7 Å². The smallest absolute Gasteiger partial charge is 0.294 e. The van der Waals surface area contributed by atoms with E-state index in [0.717, 1.165) is 22.9 Å². The fraction of sp³-hybridized carbons (Fsp3) is 0.750. The number of nitrogens with zero attached hydrogens (tertiary/aromatic N) is 2. The molecule has 2 rings (SSSR count). The lowest BCUT2D eigenvalue weighted by atomic mass is 9.83. The minimum Gasteiger partial charge on any atom is -0.469 e. The molecule has 5 heteroatoms. The maximum absolute atomic E-state index is 5.45. The Labute approximate surface area is 89.6 Å². The minimum atomic E-state index is 0.672. The Morgan fingerprint density at radius 3 is 2.85 bits per heavy atom. The van der Waals surface area contributed by atoms with Crippen LogP contribution in [-0.2, 0) is 0 Å². The molecule has 1 aliphatic rings. The Kier molecular flexibility index (Phi) is 3.16. The van der Waals surface area contributed by atoms with Gasteiger partial charge in [-0.05, 0) is 39.6 Å². The Morgan fingerprint density at radius 1 is 1.46 bits per heavy atom. The second kappa shape index (κ2) is 4.37. The molecule has 0 radical (unpaired) electrons. The Bertz CT molecular complexity index is 275. The molecule has 0 bridgehead atoms.